The summed E-state index contributed by atoms with van der Waals surface area (Å²) in [6.45, 7) is -0.182. The molecule has 3 rings (SSSR count). The summed E-state index contributed by atoms with van der Waals surface area (Å²) >= 11 is 0. The number of ether oxygens (including phenoxy) is 1. The lowest BCUT2D eigenvalue weighted by molar-refractivity contribution is -0.141. The van der Waals surface area contributed by atoms with Crippen LogP contribution in [0.4, 0.5) is 35.0 Å². The number of halogens is 4. The summed E-state index contributed by atoms with van der Waals surface area (Å²) in [5.74, 6) is -1.70. The second-order valence-corrected chi connectivity index (χ2v) is 9.50. The second kappa shape index (κ2) is 12.5. The molecular formula is C23H23F4N5O5S. The Morgan fingerprint density at radius 3 is 2.32 bits per heavy atom. The van der Waals surface area contributed by atoms with Gasteiger partial charge in [0, 0.05) is 31.3 Å². The van der Waals surface area contributed by atoms with Crippen LogP contribution in [0, 0.1) is 5.82 Å². The number of carboxylic acid groups (broad SMARTS) is 1. The maximum Gasteiger partial charge on any atom is 0.433 e. The fraction of sp³-hybridized carbons (Fsp3) is 0.261. The number of nitrogens with one attached hydrogen (secondary N) is 3. The Balaban J connectivity index is 1.57. The zero-order valence-corrected chi connectivity index (χ0v) is 20.4. The van der Waals surface area contributed by atoms with Crippen molar-refractivity contribution in [1.82, 2.24) is 14.7 Å². The summed E-state index contributed by atoms with van der Waals surface area (Å²) in [6, 6.07) is 11.0. The molecule has 0 fully saturated rings. The summed E-state index contributed by atoms with van der Waals surface area (Å²) in [4.78, 5) is 17.8. The van der Waals surface area contributed by atoms with Crippen LogP contribution in [0.5, 0.6) is 5.75 Å². The smallest absolute Gasteiger partial charge is 0.433 e. The van der Waals surface area contributed by atoms with Crippen molar-refractivity contribution in [2.45, 2.75) is 23.9 Å². The number of anilines is 3. The molecule has 0 bridgehead atoms. The number of benzene rings is 2. The minimum Gasteiger partial charge on any atom is -0.494 e. The van der Waals surface area contributed by atoms with E-state index in [-0.39, 0.29) is 36.8 Å². The van der Waals surface area contributed by atoms with Gasteiger partial charge in [0.25, 0.3) is 0 Å². The van der Waals surface area contributed by atoms with Gasteiger partial charge in [-0.3, -0.25) is 4.79 Å². The largest absolute Gasteiger partial charge is 0.494 e. The van der Waals surface area contributed by atoms with Gasteiger partial charge in [0.2, 0.25) is 16.0 Å². The van der Waals surface area contributed by atoms with E-state index in [0.717, 1.165) is 12.1 Å². The minimum atomic E-state index is -4.77. The lowest BCUT2D eigenvalue weighted by Crippen LogP contribution is -2.29. The molecule has 15 heteroatoms. The maximum atomic E-state index is 13.3. The number of hydrogen-bond acceptors (Lipinski definition) is 8. The molecule has 0 amide bonds. The van der Waals surface area contributed by atoms with E-state index in [1.165, 1.54) is 36.4 Å². The number of nitrogens with zero attached hydrogens (tertiary/aromatic N) is 2. The number of carbonyl (C=O) groups is 1. The summed E-state index contributed by atoms with van der Waals surface area (Å²) in [7, 11) is -3.94. The predicted octanol–water partition coefficient (Wildman–Crippen LogP) is 4.01. The molecule has 0 unspecified atom stereocenters. The monoisotopic (exact) mass is 557 g/mol. The van der Waals surface area contributed by atoms with Gasteiger partial charge in [-0.2, -0.15) is 18.2 Å². The topological polar surface area (TPSA) is 143 Å². The number of aliphatic carboxylic acids is 1. The first-order valence-electron chi connectivity index (χ1n) is 11.1. The molecule has 1 aromatic heterocycles. The molecule has 0 saturated heterocycles. The van der Waals surface area contributed by atoms with Crippen LogP contribution >= 0.6 is 0 Å². The lowest BCUT2D eigenvalue weighted by atomic mass is 10.3. The van der Waals surface area contributed by atoms with E-state index in [0.29, 0.717) is 23.9 Å². The molecule has 38 heavy (non-hydrogen) atoms. The van der Waals surface area contributed by atoms with Crippen LogP contribution in [0.1, 0.15) is 18.5 Å². The fourth-order valence-corrected chi connectivity index (χ4v) is 4.02. The van der Waals surface area contributed by atoms with Gasteiger partial charge >= 0.3 is 12.1 Å². The number of hydrogen-bond donors (Lipinski definition) is 4. The minimum absolute atomic E-state index is 0.0535. The summed E-state index contributed by atoms with van der Waals surface area (Å²) < 4.78 is 85.6. The Hall–Kier alpha value is -3.98. The average Bonchev–Trinajstić information content (AvgIpc) is 2.85. The zero-order chi connectivity index (χ0) is 27.8. The Bertz CT molecular complexity index is 1340. The number of carboxylic acids is 1. The molecule has 0 spiro atoms. The van der Waals surface area contributed by atoms with E-state index in [9.17, 15) is 30.8 Å². The molecule has 4 N–H and O–H groups in total. The number of aromatic nitrogens is 2. The van der Waals surface area contributed by atoms with E-state index in [1.54, 1.807) is 0 Å². The van der Waals surface area contributed by atoms with Crippen molar-refractivity contribution in [2.75, 3.05) is 30.3 Å². The molecule has 1 heterocycles. The quantitative estimate of drug-likeness (QED) is 0.181. The molecule has 0 radical (unpaired) electrons. The molecular weight excluding hydrogens is 534 g/mol. The van der Waals surface area contributed by atoms with E-state index >= 15 is 0 Å². The van der Waals surface area contributed by atoms with Crippen LogP contribution in [0.15, 0.2) is 59.5 Å². The van der Waals surface area contributed by atoms with Crippen molar-refractivity contribution in [2.24, 2.45) is 0 Å². The SMILES string of the molecule is O=C(O)CCCOc1ccc(S(=O)(=O)NCCNc2nc(Nc3ccc(F)cc3)cc(C(F)(F)F)n2)cc1. The highest BCUT2D eigenvalue weighted by Crippen LogP contribution is 2.30. The van der Waals surface area contributed by atoms with E-state index < -0.39 is 39.6 Å². The Labute approximate surface area is 215 Å². The highest BCUT2D eigenvalue weighted by molar-refractivity contribution is 7.89. The molecule has 3 aromatic rings. The first-order valence-corrected chi connectivity index (χ1v) is 12.6. The number of rotatable bonds is 13. The molecule has 0 aliphatic carbocycles. The van der Waals surface area contributed by atoms with Crippen molar-refractivity contribution < 1.29 is 40.6 Å². The summed E-state index contributed by atoms with van der Waals surface area (Å²) in [5, 5.41) is 13.8. The Morgan fingerprint density at radius 1 is 1.00 bits per heavy atom. The molecule has 0 saturated carbocycles. The third-order valence-corrected chi connectivity index (χ3v) is 6.25. The van der Waals surface area contributed by atoms with Crippen LogP contribution in [0.25, 0.3) is 0 Å². The van der Waals surface area contributed by atoms with E-state index in [4.69, 9.17) is 9.84 Å². The summed E-state index contributed by atoms with van der Waals surface area (Å²) in [5.41, 5.74) is -0.931. The number of alkyl halides is 3. The van der Waals surface area contributed by atoms with Crippen molar-refractivity contribution in [3.05, 3.63) is 66.1 Å². The highest BCUT2D eigenvalue weighted by Gasteiger charge is 2.33. The van der Waals surface area contributed by atoms with E-state index in [2.05, 4.69) is 25.3 Å². The predicted molar refractivity (Wildman–Crippen MR) is 129 cm³/mol. The molecule has 0 aliphatic heterocycles. The van der Waals surface area contributed by atoms with Gasteiger partial charge in [-0.1, -0.05) is 0 Å². The third-order valence-electron chi connectivity index (χ3n) is 4.77. The zero-order valence-electron chi connectivity index (χ0n) is 19.6. The first kappa shape index (κ1) is 28.6. The molecule has 10 nitrogen and oxygen atoms in total. The first-order chi connectivity index (χ1) is 17.9. The number of sulfonamides is 1. The van der Waals surface area contributed by atoms with Gasteiger partial charge in [-0.25, -0.2) is 22.5 Å². The van der Waals surface area contributed by atoms with E-state index in [1.807, 2.05) is 0 Å². The summed E-state index contributed by atoms with van der Waals surface area (Å²) in [6.07, 6.45) is -4.53. The van der Waals surface area contributed by atoms with Crippen LogP contribution in [0.3, 0.4) is 0 Å². The van der Waals surface area contributed by atoms with Gasteiger partial charge in [-0.15, -0.1) is 0 Å². The van der Waals surface area contributed by atoms with Crippen LogP contribution in [-0.2, 0) is 21.0 Å². The average molecular weight is 558 g/mol. The van der Waals surface area contributed by atoms with Gasteiger partial charge < -0.3 is 20.5 Å². The standard InChI is InChI=1S/C23H23F4N5O5S/c24-15-3-5-16(6-4-15)30-20-14-19(23(25,26)27)31-22(32-20)28-11-12-29-38(35,36)18-9-7-17(8-10-18)37-13-1-2-21(33)34/h3-10,14,29H,1-2,11-13H2,(H,33,34)(H2,28,30,31,32). The van der Waals surface area contributed by atoms with Gasteiger partial charge in [0.1, 0.15) is 17.4 Å². The maximum absolute atomic E-state index is 13.3. The molecule has 2 aromatic carbocycles. The third kappa shape index (κ3) is 8.85. The van der Waals surface area contributed by atoms with Crippen LogP contribution in [-0.4, -0.2) is 49.2 Å². The molecule has 204 valence electrons. The van der Waals surface area contributed by atoms with Crippen molar-refractivity contribution >= 4 is 33.4 Å². The van der Waals surface area contributed by atoms with Gasteiger partial charge in [0.05, 0.1) is 11.5 Å². The lowest BCUT2D eigenvalue weighted by Gasteiger charge is -2.13. The normalized spacial score (nSPS) is 11.7. The van der Waals surface area contributed by atoms with Gasteiger partial charge in [-0.05, 0) is 55.0 Å². The Kier molecular flexibility index (Phi) is 9.41. The van der Waals surface area contributed by atoms with Crippen molar-refractivity contribution in [3.8, 4) is 5.75 Å². The fourth-order valence-electron chi connectivity index (χ4n) is 2.99. The second-order valence-electron chi connectivity index (χ2n) is 7.73. The van der Waals surface area contributed by atoms with Crippen molar-refractivity contribution in [1.29, 1.82) is 0 Å². The van der Waals surface area contributed by atoms with Crippen molar-refractivity contribution in [3.63, 3.8) is 0 Å². The molecule has 0 atom stereocenters. The van der Waals surface area contributed by atoms with Crippen LogP contribution < -0.4 is 20.1 Å². The molecule has 0 aliphatic rings. The van der Waals surface area contributed by atoms with Crippen LogP contribution in [0.2, 0.25) is 0 Å². The van der Waals surface area contributed by atoms with Gasteiger partial charge in [0.15, 0.2) is 5.69 Å². The highest BCUT2D eigenvalue weighted by atomic mass is 32.2. The Morgan fingerprint density at radius 2 is 1.68 bits per heavy atom.